The summed E-state index contributed by atoms with van der Waals surface area (Å²) in [5, 5.41) is 0. The molecule has 0 atom stereocenters. The van der Waals surface area contributed by atoms with Gasteiger partial charge in [0, 0.05) is 17.3 Å². The fraction of sp³-hybridized carbons (Fsp3) is 0.438. The van der Waals surface area contributed by atoms with Gasteiger partial charge in [-0.25, -0.2) is 0 Å². The van der Waals surface area contributed by atoms with Crippen LogP contribution in [0.4, 0.5) is 24.5 Å². The number of alkyl halides is 3. The summed E-state index contributed by atoms with van der Waals surface area (Å²) in [5.41, 5.74) is 21.2. The lowest BCUT2D eigenvalue weighted by molar-refractivity contribution is -0.137. The monoisotopic (exact) mass is 510 g/mol. The SMILES string of the molecule is CC(C)c1cc(C(c2ccc(C(F)(F)F)cc2)c2cc(C(C)C)c(N)c(C(C)C)c2)cc(C(C)C)c1N. The zero-order valence-corrected chi connectivity index (χ0v) is 23.3. The first kappa shape index (κ1) is 28.6. The highest BCUT2D eigenvalue weighted by atomic mass is 19.4. The van der Waals surface area contributed by atoms with Gasteiger partial charge in [0.1, 0.15) is 0 Å². The first-order valence-electron chi connectivity index (χ1n) is 13.2. The molecule has 5 heteroatoms. The van der Waals surface area contributed by atoms with Crippen molar-refractivity contribution in [2.24, 2.45) is 0 Å². The number of hydrogen-bond donors (Lipinski definition) is 2. The van der Waals surface area contributed by atoms with E-state index in [0.717, 1.165) is 50.3 Å². The molecule has 3 rings (SSSR count). The van der Waals surface area contributed by atoms with E-state index < -0.39 is 11.7 Å². The number of hydrogen-bond acceptors (Lipinski definition) is 2. The molecule has 0 fully saturated rings. The molecular formula is C32H41F3N2. The summed E-state index contributed by atoms with van der Waals surface area (Å²) in [6.07, 6.45) is -4.39. The minimum absolute atomic E-state index is 0.203. The summed E-state index contributed by atoms with van der Waals surface area (Å²) >= 11 is 0. The minimum atomic E-state index is -4.39. The van der Waals surface area contributed by atoms with Gasteiger partial charge in [-0.1, -0.05) is 91.8 Å². The van der Waals surface area contributed by atoms with E-state index in [1.54, 1.807) is 12.1 Å². The maximum Gasteiger partial charge on any atom is 0.416 e. The van der Waals surface area contributed by atoms with E-state index in [1.165, 1.54) is 12.1 Å². The van der Waals surface area contributed by atoms with Gasteiger partial charge in [-0.15, -0.1) is 0 Å². The van der Waals surface area contributed by atoms with Crippen LogP contribution in [0, 0.1) is 0 Å². The maximum atomic E-state index is 13.4. The molecule has 200 valence electrons. The van der Waals surface area contributed by atoms with Crippen molar-refractivity contribution in [2.45, 2.75) is 91.2 Å². The Labute approximate surface area is 220 Å². The molecule has 0 saturated carbocycles. The third kappa shape index (κ3) is 5.97. The minimum Gasteiger partial charge on any atom is -0.398 e. The maximum absolute atomic E-state index is 13.4. The molecule has 3 aromatic rings. The van der Waals surface area contributed by atoms with Crippen LogP contribution in [0.25, 0.3) is 0 Å². The molecule has 0 aliphatic heterocycles. The van der Waals surface area contributed by atoms with E-state index >= 15 is 0 Å². The normalized spacial score (nSPS) is 12.5. The van der Waals surface area contributed by atoms with Crippen molar-refractivity contribution in [3.8, 4) is 0 Å². The van der Waals surface area contributed by atoms with Crippen molar-refractivity contribution in [2.75, 3.05) is 11.5 Å². The summed E-state index contributed by atoms with van der Waals surface area (Å²) in [5.74, 6) is 0.543. The van der Waals surface area contributed by atoms with Gasteiger partial charge in [0.15, 0.2) is 0 Å². The van der Waals surface area contributed by atoms with Gasteiger partial charge in [0.2, 0.25) is 0 Å². The van der Waals surface area contributed by atoms with Crippen molar-refractivity contribution in [1.82, 2.24) is 0 Å². The molecule has 0 spiro atoms. The molecule has 0 unspecified atom stereocenters. The Kier molecular flexibility index (Phi) is 8.36. The van der Waals surface area contributed by atoms with Crippen LogP contribution in [0.5, 0.6) is 0 Å². The van der Waals surface area contributed by atoms with Crippen LogP contribution < -0.4 is 11.5 Å². The van der Waals surface area contributed by atoms with E-state index in [4.69, 9.17) is 11.5 Å². The average Bonchev–Trinajstić information content (AvgIpc) is 2.79. The molecule has 0 aliphatic carbocycles. The lowest BCUT2D eigenvalue weighted by atomic mass is 9.78. The number of rotatable bonds is 7. The van der Waals surface area contributed by atoms with Gasteiger partial charge in [0.25, 0.3) is 0 Å². The number of nitrogen functional groups attached to an aromatic ring is 2. The second-order valence-electron chi connectivity index (χ2n) is 11.4. The average molecular weight is 511 g/mol. The highest BCUT2D eigenvalue weighted by Crippen LogP contribution is 2.42. The van der Waals surface area contributed by atoms with Crippen LogP contribution in [0.2, 0.25) is 0 Å². The highest BCUT2D eigenvalue weighted by molar-refractivity contribution is 5.63. The van der Waals surface area contributed by atoms with E-state index in [0.29, 0.717) is 0 Å². The van der Waals surface area contributed by atoms with Gasteiger partial charge in [-0.05, 0) is 74.7 Å². The molecule has 2 nitrogen and oxygen atoms in total. The van der Waals surface area contributed by atoms with Crippen LogP contribution in [-0.4, -0.2) is 0 Å². The van der Waals surface area contributed by atoms with Crippen molar-refractivity contribution in [3.05, 3.63) is 93.0 Å². The first-order chi connectivity index (χ1) is 17.1. The molecular weight excluding hydrogens is 469 g/mol. The topological polar surface area (TPSA) is 52.0 Å². The summed E-state index contributed by atoms with van der Waals surface area (Å²) in [6.45, 7) is 16.9. The van der Waals surface area contributed by atoms with E-state index in [1.807, 2.05) is 0 Å². The van der Waals surface area contributed by atoms with Crippen molar-refractivity contribution in [3.63, 3.8) is 0 Å². The number of nitrogens with two attached hydrogens (primary N) is 2. The predicted molar refractivity (Wildman–Crippen MR) is 150 cm³/mol. The van der Waals surface area contributed by atoms with Crippen LogP contribution in [0.3, 0.4) is 0 Å². The lowest BCUT2D eigenvalue weighted by Gasteiger charge is -2.27. The summed E-state index contributed by atoms with van der Waals surface area (Å²) < 4.78 is 40.2. The second-order valence-corrected chi connectivity index (χ2v) is 11.4. The van der Waals surface area contributed by atoms with Gasteiger partial charge >= 0.3 is 6.18 Å². The molecule has 0 aliphatic rings. The molecule has 0 saturated heterocycles. The van der Waals surface area contributed by atoms with Crippen LogP contribution >= 0.6 is 0 Å². The highest BCUT2D eigenvalue weighted by Gasteiger charge is 2.31. The Bertz CT molecular complexity index is 1110. The Morgan fingerprint density at radius 2 is 0.811 bits per heavy atom. The molecule has 0 heterocycles. The van der Waals surface area contributed by atoms with Gasteiger partial charge in [0.05, 0.1) is 5.56 Å². The summed E-state index contributed by atoms with van der Waals surface area (Å²) in [6, 6.07) is 14.1. The number of halogens is 3. The van der Waals surface area contributed by atoms with Crippen LogP contribution in [-0.2, 0) is 6.18 Å². The Morgan fingerprint density at radius 1 is 0.514 bits per heavy atom. The van der Waals surface area contributed by atoms with Crippen molar-refractivity contribution in [1.29, 1.82) is 0 Å². The molecule has 0 bridgehead atoms. The number of benzene rings is 3. The molecule has 0 amide bonds. The Morgan fingerprint density at radius 3 is 1.05 bits per heavy atom. The Hall–Kier alpha value is -2.95. The van der Waals surface area contributed by atoms with E-state index in [9.17, 15) is 13.2 Å². The third-order valence-electron chi connectivity index (χ3n) is 7.26. The molecule has 0 aromatic heterocycles. The standard InChI is InChI=1S/C32H41F3N2/c1-17(2)25-13-22(14-26(18(3)4)30(25)36)29(21-9-11-24(12-10-21)32(33,34)35)23-15-27(19(5)6)31(37)28(16-23)20(7)8/h9-20,29H,36-37H2,1-8H3. The summed E-state index contributed by atoms with van der Waals surface area (Å²) in [4.78, 5) is 0. The number of anilines is 2. The van der Waals surface area contributed by atoms with Crippen LogP contribution in [0.15, 0.2) is 48.5 Å². The molecule has 0 radical (unpaired) electrons. The largest absolute Gasteiger partial charge is 0.416 e. The first-order valence-corrected chi connectivity index (χ1v) is 13.2. The third-order valence-corrected chi connectivity index (χ3v) is 7.26. The van der Waals surface area contributed by atoms with Gasteiger partial charge in [-0.3, -0.25) is 0 Å². The molecule has 4 N–H and O–H groups in total. The van der Waals surface area contributed by atoms with Crippen LogP contribution in [0.1, 0.15) is 129 Å². The lowest BCUT2D eigenvalue weighted by Crippen LogP contribution is -2.12. The van der Waals surface area contributed by atoms with Gasteiger partial charge < -0.3 is 11.5 Å². The smallest absolute Gasteiger partial charge is 0.398 e. The summed E-state index contributed by atoms with van der Waals surface area (Å²) in [7, 11) is 0. The fourth-order valence-corrected chi connectivity index (χ4v) is 5.13. The fourth-order valence-electron chi connectivity index (χ4n) is 5.13. The zero-order chi connectivity index (χ0) is 27.8. The van der Waals surface area contributed by atoms with Crippen molar-refractivity contribution >= 4 is 11.4 Å². The zero-order valence-electron chi connectivity index (χ0n) is 23.3. The second kappa shape index (κ2) is 10.8. The van der Waals surface area contributed by atoms with E-state index in [2.05, 4.69) is 79.7 Å². The van der Waals surface area contributed by atoms with Crippen molar-refractivity contribution < 1.29 is 13.2 Å². The Balaban J connectivity index is 2.39. The predicted octanol–water partition coefficient (Wildman–Crippen LogP) is 9.54. The van der Waals surface area contributed by atoms with E-state index in [-0.39, 0.29) is 29.6 Å². The molecule has 3 aromatic carbocycles. The van der Waals surface area contributed by atoms with Gasteiger partial charge in [-0.2, -0.15) is 13.2 Å². The quantitative estimate of drug-likeness (QED) is 0.246. The molecule has 37 heavy (non-hydrogen) atoms.